The number of carbonyl (C=O) groups is 1. The number of nitrogens with zero attached hydrogens (tertiary/aromatic N) is 2. The number of hydrogen-bond acceptors (Lipinski definition) is 4. The van der Waals surface area contributed by atoms with E-state index in [4.69, 9.17) is 0 Å². The van der Waals surface area contributed by atoms with Crippen molar-refractivity contribution in [3.05, 3.63) is 101 Å². The van der Waals surface area contributed by atoms with Gasteiger partial charge in [0.2, 0.25) is 0 Å². The Labute approximate surface area is 188 Å². The molecular formula is C25H17F2N3OS. The van der Waals surface area contributed by atoms with E-state index in [9.17, 15) is 18.8 Å². The Balaban J connectivity index is 1.88. The first-order valence-corrected chi connectivity index (χ1v) is 10.3. The lowest BCUT2D eigenvalue weighted by molar-refractivity contribution is 0.0950. The summed E-state index contributed by atoms with van der Waals surface area (Å²) in [5.41, 5.74) is 2.47. The zero-order valence-corrected chi connectivity index (χ0v) is 17.6. The summed E-state index contributed by atoms with van der Waals surface area (Å²) in [4.78, 5) is 18.0. The third-order valence-corrected chi connectivity index (χ3v) is 5.43. The van der Waals surface area contributed by atoms with E-state index in [1.54, 1.807) is 42.5 Å². The number of halogens is 2. The Morgan fingerprint density at radius 2 is 1.75 bits per heavy atom. The number of fused-ring (bicyclic) bond motifs is 1. The van der Waals surface area contributed by atoms with Crippen LogP contribution in [0.2, 0.25) is 0 Å². The molecule has 3 aromatic carbocycles. The minimum Gasteiger partial charge on any atom is -0.336 e. The number of rotatable bonds is 5. The van der Waals surface area contributed by atoms with Crippen LogP contribution in [-0.4, -0.2) is 10.9 Å². The summed E-state index contributed by atoms with van der Waals surface area (Å²) in [5, 5.41) is 12.0. The number of hydrogen-bond donors (Lipinski definition) is 2. The second-order valence-electron chi connectivity index (χ2n) is 7.11. The van der Waals surface area contributed by atoms with Gasteiger partial charge in [-0.3, -0.25) is 4.79 Å². The second kappa shape index (κ2) is 9.16. The minimum absolute atomic E-state index is 0.108. The van der Waals surface area contributed by atoms with Crippen LogP contribution >= 0.6 is 12.6 Å². The van der Waals surface area contributed by atoms with Crippen LogP contribution in [0, 0.1) is 23.0 Å². The van der Waals surface area contributed by atoms with Gasteiger partial charge in [-0.15, -0.1) is 12.6 Å². The SMILES string of the molecule is N#CCc1c(-c2cccc(F)c2)nc2ccccc2c1C(=O)N[C@@H](S)c1cccc(F)c1. The Hall–Kier alpha value is -3.76. The van der Waals surface area contributed by atoms with Crippen molar-refractivity contribution in [3.63, 3.8) is 0 Å². The summed E-state index contributed by atoms with van der Waals surface area (Å²) in [6.07, 6.45) is -0.108. The second-order valence-corrected chi connectivity index (χ2v) is 7.62. The van der Waals surface area contributed by atoms with Crippen LogP contribution in [0.5, 0.6) is 0 Å². The first-order valence-electron chi connectivity index (χ1n) is 9.77. The smallest absolute Gasteiger partial charge is 0.253 e. The maximum atomic E-state index is 13.9. The van der Waals surface area contributed by atoms with E-state index in [1.165, 1.54) is 30.3 Å². The fourth-order valence-electron chi connectivity index (χ4n) is 3.59. The van der Waals surface area contributed by atoms with Crippen molar-refractivity contribution >= 4 is 29.4 Å². The molecule has 4 nitrogen and oxygen atoms in total. The molecule has 0 saturated heterocycles. The molecule has 0 aliphatic carbocycles. The van der Waals surface area contributed by atoms with E-state index in [-0.39, 0.29) is 12.0 Å². The van der Waals surface area contributed by atoms with Crippen LogP contribution < -0.4 is 5.32 Å². The van der Waals surface area contributed by atoms with Gasteiger partial charge in [0.25, 0.3) is 5.91 Å². The normalized spacial score (nSPS) is 11.7. The Morgan fingerprint density at radius 3 is 2.47 bits per heavy atom. The monoisotopic (exact) mass is 445 g/mol. The van der Waals surface area contributed by atoms with E-state index in [0.29, 0.717) is 33.3 Å². The summed E-state index contributed by atoms with van der Waals surface area (Å²) >= 11 is 4.42. The molecule has 0 saturated carbocycles. The summed E-state index contributed by atoms with van der Waals surface area (Å²) in [6.45, 7) is 0. The molecule has 0 unspecified atom stereocenters. The molecule has 4 rings (SSSR count). The third-order valence-electron chi connectivity index (χ3n) is 5.01. The lowest BCUT2D eigenvalue weighted by Gasteiger charge is -2.18. The number of nitrogens with one attached hydrogen (secondary N) is 1. The lowest BCUT2D eigenvalue weighted by atomic mass is 9.94. The molecule has 1 amide bonds. The van der Waals surface area contributed by atoms with Crippen LogP contribution in [0.1, 0.15) is 26.9 Å². The van der Waals surface area contributed by atoms with Gasteiger partial charge in [-0.1, -0.05) is 42.5 Å². The van der Waals surface area contributed by atoms with Crippen LogP contribution in [0.15, 0.2) is 72.8 Å². The highest BCUT2D eigenvalue weighted by Crippen LogP contribution is 2.32. The molecule has 0 aliphatic heterocycles. The minimum atomic E-state index is -0.780. The molecule has 0 fully saturated rings. The standard InChI is InChI=1S/C25H17F2N3OS/c26-17-7-3-5-15(13-17)23-20(11-12-28)22(19-9-1-2-10-21(19)29-23)24(31)30-25(32)16-6-4-8-18(27)14-16/h1-10,13-14,25,32H,11H2,(H,30,31)/t25-/m0/s1. The molecule has 158 valence electrons. The fraction of sp³-hybridized carbons (Fsp3) is 0.0800. The average molecular weight is 445 g/mol. The third kappa shape index (κ3) is 4.32. The predicted molar refractivity (Wildman–Crippen MR) is 122 cm³/mol. The number of amides is 1. The van der Waals surface area contributed by atoms with Crippen molar-refractivity contribution < 1.29 is 13.6 Å². The molecule has 1 aromatic heterocycles. The van der Waals surface area contributed by atoms with Gasteiger partial charge in [-0.25, -0.2) is 13.8 Å². The van der Waals surface area contributed by atoms with E-state index in [1.807, 2.05) is 0 Å². The highest BCUT2D eigenvalue weighted by Gasteiger charge is 2.23. The maximum absolute atomic E-state index is 13.9. The Bertz CT molecular complexity index is 1370. The molecule has 4 aromatic rings. The zero-order chi connectivity index (χ0) is 22.7. The molecule has 0 radical (unpaired) electrons. The lowest BCUT2D eigenvalue weighted by Crippen LogP contribution is -2.27. The Kier molecular flexibility index (Phi) is 6.15. The molecule has 1 N–H and O–H groups in total. The number of carbonyl (C=O) groups excluding carboxylic acids is 1. The van der Waals surface area contributed by atoms with Gasteiger partial charge in [-0.05, 0) is 35.9 Å². The quantitative estimate of drug-likeness (QED) is 0.310. The molecule has 7 heteroatoms. The molecule has 0 bridgehead atoms. The van der Waals surface area contributed by atoms with E-state index >= 15 is 0 Å². The topological polar surface area (TPSA) is 65.8 Å². The van der Waals surface area contributed by atoms with Gasteiger partial charge in [0.1, 0.15) is 11.6 Å². The van der Waals surface area contributed by atoms with Crippen LogP contribution in [-0.2, 0) is 6.42 Å². The number of thiol groups is 1. The fourth-order valence-corrected chi connectivity index (χ4v) is 3.87. The van der Waals surface area contributed by atoms with Crippen molar-refractivity contribution in [2.75, 3.05) is 0 Å². The van der Waals surface area contributed by atoms with Gasteiger partial charge in [0.15, 0.2) is 0 Å². The van der Waals surface area contributed by atoms with Crippen molar-refractivity contribution in [3.8, 4) is 17.3 Å². The Morgan fingerprint density at radius 1 is 1.03 bits per heavy atom. The van der Waals surface area contributed by atoms with Crippen LogP contribution in [0.25, 0.3) is 22.2 Å². The van der Waals surface area contributed by atoms with Crippen molar-refractivity contribution in [1.29, 1.82) is 5.26 Å². The predicted octanol–water partition coefficient (Wildman–Crippen LogP) is 5.60. The maximum Gasteiger partial charge on any atom is 0.253 e. The van der Waals surface area contributed by atoms with Gasteiger partial charge in [0.05, 0.1) is 34.6 Å². The number of aromatic nitrogens is 1. The summed E-state index contributed by atoms with van der Waals surface area (Å²) in [7, 11) is 0. The van der Waals surface area contributed by atoms with Crippen molar-refractivity contribution in [2.45, 2.75) is 11.8 Å². The molecule has 32 heavy (non-hydrogen) atoms. The van der Waals surface area contributed by atoms with Crippen molar-refractivity contribution in [1.82, 2.24) is 10.3 Å². The average Bonchev–Trinajstić information content (AvgIpc) is 2.78. The number of para-hydroxylation sites is 1. The first-order chi connectivity index (χ1) is 15.5. The van der Waals surface area contributed by atoms with Crippen molar-refractivity contribution in [2.24, 2.45) is 0 Å². The van der Waals surface area contributed by atoms with E-state index < -0.39 is 22.9 Å². The molecule has 0 aliphatic rings. The first kappa shape index (κ1) is 21.5. The number of pyridine rings is 1. The van der Waals surface area contributed by atoms with Crippen LogP contribution in [0.4, 0.5) is 8.78 Å². The zero-order valence-electron chi connectivity index (χ0n) is 16.7. The van der Waals surface area contributed by atoms with Gasteiger partial charge in [0, 0.05) is 16.5 Å². The van der Waals surface area contributed by atoms with E-state index in [0.717, 1.165) is 0 Å². The molecule has 1 atom stereocenters. The summed E-state index contributed by atoms with van der Waals surface area (Å²) in [6, 6.07) is 20.7. The van der Waals surface area contributed by atoms with Crippen LogP contribution in [0.3, 0.4) is 0 Å². The highest BCUT2D eigenvalue weighted by molar-refractivity contribution is 7.80. The molecule has 0 spiro atoms. The molecule has 1 heterocycles. The largest absolute Gasteiger partial charge is 0.336 e. The van der Waals surface area contributed by atoms with Gasteiger partial charge >= 0.3 is 0 Å². The number of nitriles is 1. The van der Waals surface area contributed by atoms with Gasteiger partial charge in [-0.2, -0.15) is 5.26 Å². The summed E-state index contributed by atoms with van der Waals surface area (Å²) in [5.74, 6) is -1.38. The highest BCUT2D eigenvalue weighted by atomic mass is 32.1. The van der Waals surface area contributed by atoms with E-state index in [2.05, 4.69) is 29.0 Å². The molecular weight excluding hydrogens is 428 g/mol. The van der Waals surface area contributed by atoms with Gasteiger partial charge < -0.3 is 5.32 Å². The number of benzene rings is 3. The summed E-state index contributed by atoms with van der Waals surface area (Å²) < 4.78 is 27.5.